The van der Waals surface area contributed by atoms with Crippen LogP contribution in [0.2, 0.25) is 0 Å². The van der Waals surface area contributed by atoms with Crippen molar-refractivity contribution in [3.63, 3.8) is 0 Å². The van der Waals surface area contributed by atoms with E-state index in [0.717, 1.165) is 19.5 Å². The third-order valence-electron chi connectivity index (χ3n) is 1.88. The van der Waals surface area contributed by atoms with Crippen molar-refractivity contribution in [1.82, 2.24) is 9.80 Å². The van der Waals surface area contributed by atoms with Gasteiger partial charge in [-0.1, -0.05) is 0 Å². The zero-order valence-corrected chi connectivity index (χ0v) is 6.75. The number of urea groups is 1. The van der Waals surface area contributed by atoms with Gasteiger partial charge in [0.25, 0.3) is 0 Å². The standard InChI is InChI=1S/C7H13N2O2/c1-8-3-2-4-9(5-6-10)7(8)11/h2-6H2,1H3. The van der Waals surface area contributed by atoms with Crippen LogP contribution in [-0.4, -0.2) is 49.1 Å². The van der Waals surface area contributed by atoms with E-state index in [0.29, 0.717) is 6.54 Å². The first-order valence-corrected chi connectivity index (χ1v) is 3.84. The van der Waals surface area contributed by atoms with Crippen LogP contribution in [0.5, 0.6) is 0 Å². The summed E-state index contributed by atoms with van der Waals surface area (Å²) < 4.78 is 0. The zero-order chi connectivity index (χ0) is 8.27. The second-order valence-corrected chi connectivity index (χ2v) is 2.75. The molecule has 0 N–H and O–H groups in total. The van der Waals surface area contributed by atoms with Crippen LogP contribution in [0.25, 0.3) is 0 Å². The molecule has 1 aliphatic rings. The lowest BCUT2D eigenvalue weighted by Gasteiger charge is -2.32. The Bertz CT molecular complexity index is 147. The van der Waals surface area contributed by atoms with E-state index in [1.165, 1.54) is 0 Å². The smallest absolute Gasteiger partial charge is 0.319 e. The van der Waals surface area contributed by atoms with Crippen LogP contribution < -0.4 is 0 Å². The van der Waals surface area contributed by atoms with E-state index in [-0.39, 0.29) is 12.6 Å². The van der Waals surface area contributed by atoms with Crippen molar-refractivity contribution in [2.45, 2.75) is 6.42 Å². The van der Waals surface area contributed by atoms with Crippen molar-refractivity contribution < 1.29 is 9.90 Å². The topological polar surface area (TPSA) is 43.5 Å². The maximum absolute atomic E-state index is 11.2. The van der Waals surface area contributed by atoms with Crippen molar-refractivity contribution in [2.75, 3.05) is 33.3 Å². The minimum Gasteiger partial charge on any atom is -0.328 e. The second-order valence-electron chi connectivity index (χ2n) is 2.75. The predicted octanol–water partition coefficient (Wildman–Crippen LogP) is 0.174. The van der Waals surface area contributed by atoms with E-state index < -0.39 is 0 Å². The van der Waals surface area contributed by atoms with Gasteiger partial charge in [0.2, 0.25) is 0 Å². The van der Waals surface area contributed by atoms with Crippen molar-refractivity contribution in [3.05, 3.63) is 0 Å². The number of hydrogen-bond acceptors (Lipinski definition) is 1. The lowest BCUT2D eigenvalue weighted by Crippen LogP contribution is -2.48. The van der Waals surface area contributed by atoms with Gasteiger partial charge in [0.15, 0.2) is 0 Å². The summed E-state index contributed by atoms with van der Waals surface area (Å²) in [6, 6.07) is -0.00731. The van der Waals surface area contributed by atoms with Gasteiger partial charge in [-0.15, -0.1) is 0 Å². The number of nitrogens with zero attached hydrogens (tertiary/aromatic N) is 2. The van der Waals surface area contributed by atoms with Crippen molar-refractivity contribution in [1.29, 1.82) is 0 Å². The normalized spacial score (nSPS) is 19.3. The van der Waals surface area contributed by atoms with Gasteiger partial charge in [0, 0.05) is 26.7 Å². The largest absolute Gasteiger partial charge is 0.328 e. The van der Waals surface area contributed by atoms with Crippen LogP contribution in [-0.2, 0) is 5.11 Å². The Hall–Kier alpha value is -0.770. The highest BCUT2D eigenvalue weighted by molar-refractivity contribution is 5.74. The molecular formula is C7H13N2O2. The molecular weight excluding hydrogens is 144 g/mol. The minimum absolute atomic E-state index is 0.00731. The highest BCUT2D eigenvalue weighted by Crippen LogP contribution is 2.05. The lowest BCUT2D eigenvalue weighted by molar-refractivity contribution is 0.110. The molecule has 4 heteroatoms. The predicted molar refractivity (Wildman–Crippen MR) is 39.8 cm³/mol. The fourth-order valence-electron chi connectivity index (χ4n) is 1.25. The molecule has 1 heterocycles. The fraction of sp³-hybridized carbons (Fsp3) is 0.857. The summed E-state index contributed by atoms with van der Waals surface area (Å²) in [6.07, 6.45) is 0.974. The molecule has 11 heavy (non-hydrogen) atoms. The van der Waals surface area contributed by atoms with Crippen molar-refractivity contribution in [2.24, 2.45) is 0 Å². The van der Waals surface area contributed by atoms with E-state index in [1.807, 2.05) is 0 Å². The van der Waals surface area contributed by atoms with Gasteiger partial charge in [-0.05, 0) is 6.42 Å². The quantitative estimate of drug-likeness (QED) is 0.563. The second kappa shape index (κ2) is 3.57. The van der Waals surface area contributed by atoms with Gasteiger partial charge in [-0.3, -0.25) is 0 Å². The Kier molecular flexibility index (Phi) is 2.70. The summed E-state index contributed by atoms with van der Waals surface area (Å²) in [5, 5.41) is 10.2. The Labute approximate surface area is 66.4 Å². The van der Waals surface area contributed by atoms with Crippen LogP contribution in [0, 0.1) is 0 Å². The lowest BCUT2D eigenvalue weighted by atomic mass is 10.3. The molecule has 0 spiro atoms. The zero-order valence-electron chi connectivity index (χ0n) is 6.75. The number of hydrogen-bond donors (Lipinski definition) is 0. The number of rotatable bonds is 2. The third-order valence-corrected chi connectivity index (χ3v) is 1.88. The molecule has 0 unspecified atom stereocenters. The summed E-state index contributed by atoms with van der Waals surface area (Å²) in [6.45, 7) is 1.71. The average molecular weight is 157 g/mol. The maximum atomic E-state index is 11.2. The molecule has 2 amide bonds. The molecule has 0 atom stereocenters. The van der Waals surface area contributed by atoms with E-state index >= 15 is 0 Å². The Morgan fingerprint density at radius 2 is 2.18 bits per heavy atom. The number of carbonyl (C=O) groups is 1. The van der Waals surface area contributed by atoms with E-state index in [4.69, 9.17) is 0 Å². The summed E-state index contributed by atoms with van der Waals surface area (Å²) in [7, 11) is 1.76. The van der Waals surface area contributed by atoms with Gasteiger partial charge in [-0.25, -0.2) is 9.90 Å². The molecule has 1 fully saturated rings. The van der Waals surface area contributed by atoms with Gasteiger partial charge in [0.05, 0.1) is 6.61 Å². The third kappa shape index (κ3) is 1.83. The van der Waals surface area contributed by atoms with Crippen LogP contribution in [0.3, 0.4) is 0 Å². The summed E-state index contributed by atoms with van der Waals surface area (Å²) in [4.78, 5) is 14.5. The van der Waals surface area contributed by atoms with Crippen LogP contribution >= 0.6 is 0 Å². The van der Waals surface area contributed by atoms with E-state index in [2.05, 4.69) is 0 Å². The Balaban J connectivity index is 2.44. The highest BCUT2D eigenvalue weighted by Gasteiger charge is 2.21. The highest BCUT2D eigenvalue weighted by atomic mass is 16.3. The molecule has 0 saturated carbocycles. The summed E-state index contributed by atoms with van der Waals surface area (Å²) >= 11 is 0. The molecule has 0 aliphatic carbocycles. The molecule has 1 saturated heterocycles. The Morgan fingerprint density at radius 1 is 1.45 bits per heavy atom. The first-order chi connectivity index (χ1) is 5.25. The summed E-state index contributed by atoms with van der Waals surface area (Å²) in [5.41, 5.74) is 0. The van der Waals surface area contributed by atoms with Crippen LogP contribution in [0.15, 0.2) is 0 Å². The SMILES string of the molecule is CN1CCCN(CC[O])C1=O. The van der Waals surface area contributed by atoms with Crippen molar-refractivity contribution >= 4 is 6.03 Å². The first kappa shape index (κ1) is 8.33. The summed E-state index contributed by atoms with van der Waals surface area (Å²) in [5.74, 6) is 0. The van der Waals surface area contributed by atoms with Crippen LogP contribution in [0.4, 0.5) is 4.79 Å². The molecule has 0 aromatic carbocycles. The average Bonchev–Trinajstić information content (AvgIpc) is 1.99. The molecule has 0 aromatic heterocycles. The van der Waals surface area contributed by atoms with E-state index in [9.17, 15) is 9.90 Å². The molecule has 0 bridgehead atoms. The van der Waals surface area contributed by atoms with Gasteiger partial charge in [0.1, 0.15) is 0 Å². The molecule has 0 aromatic rings. The van der Waals surface area contributed by atoms with Crippen LogP contribution in [0.1, 0.15) is 6.42 Å². The number of carbonyl (C=O) groups excluding carboxylic acids is 1. The molecule has 4 nitrogen and oxygen atoms in total. The fourth-order valence-corrected chi connectivity index (χ4v) is 1.25. The Morgan fingerprint density at radius 3 is 2.82 bits per heavy atom. The van der Waals surface area contributed by atoms with Gasteiger partial charge in [-0.2, -0.15) is 0 Å². The monoisotopic (exact) mass is 157 g/mol. The molecule has 1 rings (SSSR count). The molecule has 63 valence electrons. The first-order valence-electron chi connectivity index (χ1n) is 3.84. The molecule has 1 radical (unpaired) electrons. The maximum Gasteiger partial charge on any atom is 0.319 e. The van der Waals surface area contributed by atoms with Gasteiger partial charge >= 0.3 is 6.03 Å². The molecule has 1 aliphatic heterocycles. The minimum atomic E-state index is -0.195. The van der Waals surface area contributed by atoms with Gasteiger partial charge < -0.3 is 9.80 Å². The van der Waals surface area contributed by atoms with Crippen molar-refractivity contribution in [3.8, 4) is 0 Å². The number of amides is 2. The van der Waals surface area contributed by atoms with E-state index in [1.54, 1.807) is 16.8 Å².